The molecule has 0 aromatic rings. The molecule has 28 heavy (non-hydrogen) atoms. The Morgan fingerprint density at radius 3 is 2.32 bits per heavy atom. The number of halogens is 3. The molecule has 1 N–H and O–H groups in total. The van der Waals surface area contributed by atoms with E-state index in [1.54, 1.807) is 6.08 Å². The molecule has 1 atom stereocenters. The quantitative estimate of drug-likeness (QED) is 0.305. The van der Waals surface area contributed by atoms with Crippen LogP contribution in [0.5, 0.6) is 0 Å². The van der Waals surface area contributed by atoms with Crippen molar-refractivity contribution in [2.45, 2.75) is 25.5 Å². The second kappa shape index (κ2) is 10.6. The highest BCUT2D eigenvalue weighted by Crippen LogP contribution is 2.24. The molecule has 0 saturated carbocycles. The Hall–Kier alpha value is -1.92. The van der Waals surface area contributed by atoms with Crippen LogP contribution in [0.15, 0.2) is 23.6 Å². The maximum Gasteiger partial charge on any atom is 0.522 e. The molecule has 0 amide bonds. The summed E-state index contributed by atoms with van der Waals surface area (Å²) >= 11 is 0. The first-order valence-electron chi connectivity index (χ1n) is 8.31. The van der Waals surface area contributed by atoms with E-state index in [-0.39, 0.29) is 6.10 Å². The van der Waals surface area contributed by atoms with E-state index in [4.69, 9.17) is 32.7 Å². The van der Waals surface area contributed by atoms with Gasteiger partial charge >= 0.3 is 21.3 Å². The van der Waals surface area contributed by atoms with Crippen molar-refractivity contribution in [2.24, 2.45) is 0 Å². The lowest BCUT2D eigenvalue weighted by molar-refractivity contribution is -0.0510. The van der Waals surface area contributed by atoms with E-state index in [0.717, 1.165) is 24.5 Å². The predicted molar refractivity (Wildman–Crippen MR) is 91.8 cm³/mol. The van der Waals surface area contributed by atoms with E-state index >= 15 is 0 Å². The summed E-state index contributed by atoms with van der Waals surface area (Å²) < 4.78 is 74.2. The summed E-state index contributed by atoms with van der Waals surface area (Å²) in [6.45, 7) is 8.01. The molecule has 1 heterocycles. The molecule has 0 radical (unpaired) electrons. The minimum atomic E-state index is -5.84. The molecule has 1 unspecified atom stereocenters. The largest absolute Gasteiger partial charge is 0.522 e. The zero-order valence-corrected chi connectivity index (χ0v) is 16.2. The van der Waals surface area contributed by atoms with Crippen molar-refractivity contribution in [3.63, 3.8) is 0 Å². The van der Waals surface area contributed by atoms with Crippen LogP contribution >= 0.6 is 0 Å². The first kappa shape index (κ1) is 24.1. The fourth-order valence-corrected chi connectivity index (χ4v) is 2.34. The summed E-state index contributed by atoms with van der Waals surface area (Å²) in [5.41, 5.74) is 5.03. The van der Waals surface area contributed by atoms with Crippen LogP contribution in [0.1, 0.15) is 13.8 Å². The highest BCUT2D eigenvalue weighted by molar-refractivity contribution is 7.86. The highest BCUT2D eigenvalue weighted by Gasteiger charge is 2.44. The Morgan fingerprint density at radius 1 is 1.32 bits per heavy atom. The standard InChI is InChI=1S/C14H21N3O3.CHF3O3S/c1-3-19-13-10-12(17-5-7-18-8-6-17)14(20-4-2)9-11(13)16-15;2-1(3,4)8(5,6)7/h9-10,13H,3-8H2,1-2H3;(H,5,6,7). The molecule has 0 aromatic heterocycles. The smallest absolute Gasteiger partial charge is 0.491 e. The first-order chi connectivity index (χ1) is 13.0. The number of hydrogen-bond donors (Lipinski definition) is 1. The summed E-state index contributed by atoms with van der Waals surface area (Å²) in [4.78, 5) is 5.52. The van der Waals surface area contributed by atoms with Gasteiger partial charge in [0.05, 0.1) is 31.6 Å². The van der Waals surface area contributed by atoms with Crippen LogP contribution in [0.3, 0.4) is 0 Å². The minimum absolute atomic E-state index is 0.341. The molecule has 160 valence electrons. The van der Waals surface area contributed by atoms with Crippen LogP contribution in [-0.2, 0) is 24.3 Å². The van der Waals surface area contributed by atoms with Crippen LogP contribution in [0, 0.1) is 0 Å². The Kier molecular flexibility index (Phi) is 9.11. The topological polar surface area (TPSA) is 122 Å². The molecular formula is C15H22F3N3O6S. The predicted octanol–water partition coefficient (Wildman–Crippen LogP) is 1.61. The average molecular weight is 429 g/mol. The van der Waals surface area contributed by atoms with E-state index in [1.807, 2.05) is 19.9 Å². The van der Waals surface area contributed by atoms with Crippen LogP contribution < -0.4 is 0 Å². The number of alkyl halides is 3. The molecule has 0 bridgehead atoms. The van der Waals surface area contributed by atoms with Crippen molar-refractivity contribution in [3.8, 4) is 0 Å². The van der Waals surface area contributed by atoms with E-state index < -0.39 is 15.6 Å². The molecule has 1 saturated heterocycles. The van der Waals surface area contributed by atoms with Crippen LogP contribution in [0.2, 0.25) is 0 Å². The van der Waals surface area contributed by atoms with Crippen molar-refractivity contribution in [3.05, 3.63) is 29.1 Å². The van der Waals surface area contributed by atoms with Crippen molar-refractivity contribution < 1.29 is 45.1 Å². The Morgan fingerprint density at radius 2 is 1.89 bits per heavy atom. The lowest BCUT2D eigenvalue weighted by Gasteiger charge is -2.33. The van der Waals surface area contributed by atoms with Gasteiger partial charge < -0.3 is 24.6 Å². The van der Waals surface area contributed by atoms with E-state index in [9.17, 15) is 13.2 Å². The second-order valence-corrected chi connectivity index (χ2v) is 6.83. The number of nitrogens with zero attached hydrogens (tertiary/aromatic N) is 3. The van der Waals surface area contributed by atoms with Gasteiger partial charge in [-0.1, -0.05) is 0 Å². The van der Waals surface area contributed by atoms with E-state index in [2.05, 4.69) is 9.69 Å². The highest BCUT2D eigenvalue weighted by atomic mass is 32.2. The van der Waals surface area contributed by atoms with Gasteiger partial charge in [0.15, 0.2) is 6.10 Å². The second-order valence-electron chi connectivity index (χ2n) is 5.41. The summed E-state index contributed by atoms with van der Waals surface area (Å²) in [6.07, 6.45) is 3.36. The maximum absolute atomic E-state index is 10.7. The third-order valence-corrected chi connectivity index (χ3v) is 4.12. The lowest BCUT2D eigenvalue weighted by atomic mass is 10.0. The van der Waals surface area contributed by atoms with Crippen LogP contribution in [-0.4, -0.2) is 79.5 Å². The summed E-state index contributed by atoms with van der Waals surface area (Å²) in [5.74, 6) is 0.721. The number of morpholine rings is 1. The number of hydrogen-bond acceptors (Lipinski definition) is 6. The molecule has 1 aliphatic heterocycles. The molecule has 2 rings (SSSR count). The van der Waals surface area contributed by atoms with Gasteiger partial charge in [0.1, 0.15) is 5.76 Å². The van der Waals surface area contributed by atoms with Crippen molar-refractivity contribution in [1.29, 1.82) is 0 Å². The zero-order valence-electron chi connectivity index (χ0n) is 15.3. The van der Waals surface area contributed by atoms with Gasteiger partial charge in [-0.2, -0.15) is 26.4 Å². The van der Waals surface area contributed by atoms with Crippen molar-refractivity contribution >= 4 is 15.8 Å². The molecular weight excluding hydrogens is 407 g/mol. The third-order valence-electron chi connectivity index (χ3n) is 3.54. The first-order valence-corrected chi connectivity index (χ1v) is 9.75. The Balaban J connectivity index is 0.000000416. The van der Waals surface area contributed by atoms with Crippen molar-refractivity contribution in [1.82, 2.24) is 4.90 Å². The molecule has 1 aliphatic carbocycles. The molecule has 13 heteroatoms. The fraction of sp³-hybridized carbons (Fsp3) is 0.667. The Bertz CT molecular complexity index is 739. The lowest BCUT2D eigenvalue weighted by Crippen LogP contribution is -2.39. The average Bonchev–Trinajstić information content (AvgIpc) is 2.62. The zero-order chi connectivity index (χ0) is 21.4. The molecule has 2 aliphatic rings. The molecule has 1 fully saturated rings. The van der Waals surface area contributed by atoms with Gasteiger partial charge in [0.25, 0.3) is 0 Å². The van der Waals surface area contributed by atoms with Gasteiger partial charge in [-0.15, -0.1) is 0 Å². The summed E-state index contributed by atoms with van der Waals surface area (Å²) in [7, 11) is -5.84. The SMILES string of the molecule is CCOC1=CC(=[N+]=[N-])C(OCC)C=C1N1CCOCC1.O=S(=O)(O)C(F)(F)F. The van der Waals surface area contributed by atoms with Gasteiger partial charge in [0, 0.05) is 19.7 Å². The van der Waals surface area contributed by atoms with Gasteiger partial charge in [0.2, 0.25) is 0 Å². The minimum Gasteiger partial charge on any atom is -0.491 e. The fourth-order valence-electron chi connectivity index (χ4n) is 2.34. The molecule has 9 nitrogen and oxygen atoms in total. The maximum atomic E-state index is 10.7. The third kappa shape index (κ3) is 6.91. The summed E-state index contributed by atoms with van der Waals surface area (Å²) in [5, 5.41) is 0. The summed E-state index contributed by atoms with van der Waals surface area (Å²) in [6, 6.07) is 0. The van der Waals surface area contributed by atoms with Crippen LogP contribution in [0.4, 0.5) is 13.2 Å². The van der Waals surface area contributed by atoms with E-state index in [0.29, 0.717) is 32.1 Å². The normalized spacial score (nSPS) is 20.4. The molecule has 0 spiro atoms. The Labute approximate surface area is 160 Å². The van der Waals surface area contributed by atoms with Gasteiger partial charge in [-0.3, -0.25) is 4.55 Å². The number of ether oxygens (including phenoxy) is 3. The van der Waals surface area contributed by atoms with Crippen LogP contribution in [0.25, 0.3) is 5.53 Å². The molecule has 0 aromatic carbocycles. The van der Waals surface area contributed by atoms with Gasteiger partial charge in [-0.05, 0) is 19.9 Å². The van der Waals surface area contributed by atoms with E-state index in [1.165, 1.54) is 0 Å². The van der Waals surface area contributed by atoms with Gasteiger partial charge in [-0.25, -0.2) is 0 Å². The number of rotatable bonds is 5. The van der Waals surface area contributed by atoms with Crippen molar-refractivity contribution in [2.75, 3.05) is 39.5 Å². The monoisotopic (exact) mass is 429 g/mol.